The van der Waals surface area contributed by atoms with E-state index >= 15 is 0 Å². The number of morpholine rings is 1. The predicted molar refractivity (Wildman–Crippen MR) is 124 cm³/mol. The van der Waals surface area contributed by atoms with E-state index in [4.69, 9.17) is 4.74 Å². The van der Waals surface area contributed by atoms with Crippen LogP contribution in [0.15, 0.2) is 51.8 Å². The summed E-state index contributed by atoms with van der Waals surface area (Å²) in [4.78, 5) is 23.4. The molecule has 0 spiro atoms. The molecule has 1 amide bonds. The highest BCUT2D eigenvalue weighted by Crippen LogP contribution is 2.32. The van der Waals surface area contributed by atoms with Gasteiger partial charge >= 0.3 is 0 Å². The van der Waals surface area contributed by atoms with E-state index in [2.05, 4.69) is 56.8 Å². The molecular formula is C20H18IN3O2S2. The van der Waals surface area contributed by atoms with E-state index in [1.54, 1.807) is 11.3 Å². The van der Waals surface area contributed by atoms with Gasteiger partial charge in [-0.2, -0.15) is 0 Å². The first-order valence-corrected chi connectivity index (χ1v) is 11.7. The zero-order valence-electron chi connectivity index (χ0n) is 15.0. The number of nitrogens with zero attached hydrogens (tertiary/aromatic N) is 3. The van der Waals surface area contributed by atoms with Crippen molar-refractivity contribution in [2.75, 3.05) is 32.1 Å². The highest BCUT2D eigenvalue weighted by Gasteiger charge is 2.17. The van der Waals surface area contributed by atoms with Crippen molar-refractivity contribution in [1.29, 1.82) is 0 Å². The molecule has 4 rings (SSSR count). The summed E-state index contributed by atoms with van der Waals surface area (Å²) in [5, 5.41) is 0. The van der Waals surface area contributed by atoms with Gasteiger partial charge in [-0.1, -0.05) is 23.9 Å². The number of hydrogen-bond donors (Lipinski definition) is 0. The number of fused-ring (bicyclic) bond motifs is 1. The van der Waals surface area contributed by atoms with Crippen molar-refractivity contribution in [3.8, 4) is 0 Å². The van der Waals surface area contributed by atoms with Crippen molar-refractivity contribution >= 4 is 73.7 Å². The van der Waals surface area contributed by atoms with Crippen molar-refractivity contribution in [2.24, 2.45) is 4.99 Å². The number of carbonyl (C=O) groups is 1. The molecule has 5 nitrogen and oxygen atoms in total. The van der Waals surface area contributed by atoms with Crippen LogP contribution in [0, 0.1) is 3.57 Å². The van der Waals surface area contributed by atoms with E-state index in [0.29, 0.717) is 32.1 Å². The van der Waals surface area contributed by atoms with Crippen molar-refractivity contribution in [3.05, 3.63) is 51.6 Å². The lowest BCUT2D eigenvalue weighted by atomic mass is 10.2. The molecule has 0 N–H and O–H groups in total. The van der Waals surface area contributed by atoms with Crippen LogP contribution in [0.5, 0.6) is 0 Å². The number of benzene rings is 2. The quantitative estimate of drug-likeness (QED) is 0.279. The van der Waals surface area contributed by atoms with Gasteiger partial charge in [0.15, 0.2) is 4.34 Å². The summed E-state index contributed by atoms with van der Waals surface area (Å²) in [5.41, 5.74) is 2.91. The molecule has 0 bridgehead atoms. The Hall–Kier alpha value is -1.49. The third-order valence-corrected chi connectivity index (χ3v) is 7.13. The molecule has 1 aromatic heterocycles. The molecule has 0 radical (unpaired) electrons. The van der Waals surface area contributed by atoms with Crippen molar-refractivity contribution in [2.45, 2.75) is 4.34 Å². The SMILES string of the molecule is O=C(CSc1nc2ccc(/N=C/c3ccc(I)cc3)cc2s1)N1CCOCC1. The van der Waals surface area contributed by atoms with Gasteiger partial charge in [0.2, 0.25) is 5.91 Å². The van der Waals surface area contributed by atoms with Crippen LogP contribution in [-0.4, -0.2) is 54.1 Å². The summed E-state index contributed by atoms with van der Waals surface area (Å²) < 4.78 is 8.50. The molecule has 0 atom stereocenters. The van der Waals surface area contributed by atoms with E-state index < -0.39 is 0 Å². The van der Waals surface area contributed by atoms with Crippen LogP contribution in [-0.2, 0) is 9.53 Å². The lowest BCUT2D eigenvalue weighted by Gasteiger charge is -2.26. The number of halogens is 1. The van der Waals surface area contributed by atoms with Crippen LogP contribution < -0.4 is 0 Å². The Morgan fingerprint density at radius 1 is 1.25 bits per heavy atom. The van der Waals surface area contributed by atoms with Gasteiger partial charge in [-0.05, 0) is 58.5 Å². The number of hydrogen-bond acceptors (Lipinski definition) is 6. The topological polar surface area (TPSA) is 54.8 Å². The van der Waals surface area contributed by atoms with Crippen molar-refractivity contribution < 1.29 is 9.53 Å². The first kappa shape index (κ1) is 19.8. The van der Waals surface area contributed by atoms with Crippen LogP contribution in [0.2, 0.25) is 0 Å². The Morgan fingerprint density at radius 3 is 2.82 bits per heavy atom. The second-order valence-electron chi connectivity index (χ2n) is 6.22. The summed E-state index contributed by atoms with van der Waals surface area (Å²) in [5.74, 6) is 0.563. The van der Waals surface area contributed by atoms with Gasteiger partial charge in [-0.25, -0.2) is 4.98 Å². The van der Waals surface area contributed by atoms with Gasteiger partial charge in [-0.3, -0.25) is 9.79 Å². The molecule has 2 heterocycles. The highest BCUT2D eigenvalue weighted by atomic mass is 127. The van der Waals surface area contributed by atoms with E-state index in [9.17, 15) is 4.79 Å². The molecule has 0 unspecified atom stereocenters. The van der Waals surface area contributed by atoms with E-state index in [0.717, 1.165) is 25.8 Å². The maximum absolute atomic E-state index is 12.3. The Balaban J connectivity index is 1.41. The van der Waals surface area contributed by atoms with E-state index in [-0.39, 0.29) is 5.91 Å². The number of rotatable bonds is 5. The van der Waals surface area contributed by atoms with Gasteiger partial charge in [-0.15, -0.1) is 11.3 Å². The Bertz CT molecular complexity index is 998. The molecule has 0 saturated carbocycles. The first-order valence-electron chi connectivity index (χ1n) is 8.86. The minimum absolute atomic E-state index is 0.148. The summed E-state index contributed by atoms with van der Waals surface area (Å²) in [6, 6.07) is 14.2. The van der Waals surface area contributed by atoms with Gasteiger partial charge in [0.05, 0.1) is 34.9 Å². The fourth-order valence-electron chi connectivity index (χ4n) is 2.76. The van der Waals surface area contributed by atoms with Crippen molar-refractivity contribution in [3.63, 3.8) is 0 Å². The zero-order valence-corrected chi connectivity index (χ0v) is 18.8. The minimum Gasteiger partial charge on any atom is -0.378 e. The lowest BCUT2D eigenvalue weighted by Crippen LogP contribution is -2.41. The smallest absolute Gasteiger partial charge is 0.233 e. The number of aromatic nitrogens is 1. The minimum atomic E-state index is 0.148. The summed E-state index contributed by atoms with van der Waals surface area (Å²) >= 11 is 5.40. The third kappa shape index (κ3) is 5.11. The first-order chi connectivity index (χ1) is 13.7. The Labute approximate surface area is 185 Å². The molecule has 1 aliphatic heterocycles. The zero-order chi connectivity index (χ0) is 19.3. The maximum Gasteiger partial charge on any atom is 0.233 e. The second kappa shape index (κ2) is 9.34. The molecule has 1 fully saturated rings. The average Bonchev–Trinajstić information content (AvgIpc) is 3.14. The third-order valence-electron chi connectivity index (χ3n) is 4.27. The fourth-order valence-corrected chi connectivity index (χ4v) is 5.12. The van der Waals surface area contributed by atoms with Gasteiger partial charge < -0.3 is 9.64 Å². The van der Waals surface area contributed by atoms with Crippen LogP contribution >= 0.6 is 45.7 Å². The number of aliphatic imine (C=N–C) groups is 1. The molecule has 8 heteroatoms. The number of thiazole rings is 1. The monoisotopic (exact) mass is 523 g/mol. The molecule has 3 aromatic rings. The van der Waals surface area contributed by atoms with Crippen LogP contribution in [0.4, 0.5) is 5.69 Å². The van der Waals surface area contributed by atoms with Crippen LogP contribution in [0.3, 0.4) is 0 Å². The second-order valence-corrected chi connectivity index (χ2v) is 9.72. The van der Waals surface area contributed by atoms with Gasteiger partial charge in [0.25, 0.3) is 0 Å². The summed E-state index contributed by atoms with van der Waals surface area (Å²) in [7, 11) is 0. The van der Waals surface area contributed by atoms with Crippen LogP contribution in [0.25, 0.3) is 10.2 Å². The van der Waals surface area contributed by atoms with Crippen LogP contribution in [0.1, 0.15) is 5.56 Å². The standard InChI is InChI=1S/C20H18IN3O2S2/c21-15-3-1-14(2-4-15)12-22-16-5-6-17-18(11-16)28-20(23-17)27-13-19(25)24-7-9-26-10-8-24/h1-6,11-12H,7-10,13H2/b22-12+. The molecule has 1 saturated heterocycles. The summed E-state index contributed by atoms with van der Waals surface area (Å²) in [6.07, 6.45) is 1.87. The molecule has 1 aliphatic rings. The van der Waals surface area contributed by atoms with Crippen molar-refractivity contribution in [1.82, 2.24) is 9.88 Å². The van der Waals surface area contributed by atoms with E-state index in [1.165, 1.54) is 15.3 Å². The molecule has 2 aromatic carbocycles. The Kier molecular flexibility index (Phi) is 6.61. The molecule has 0 aliphatic carbocycles. The number of carbonyl (C=O) groups excluding carboxylic acids is 1. The average molecular weight is 523 g/mol. The number of thioether (sulfide) groups is 1. The predicted octanol–water partition coefficient (Wildman–Crippen LogP) is 4.60. The highest BCUT2D eigenvalue weighted by molar-refractivity contribution is 14.1. The summed E-state index contributed by atoms with van der Waals surface area (Å²) in [6.45, 7) is 2.62. The van der Waals surface area contributed by atoms with Gasteiger partial charge in [0, 0.05) is 22.9 Å². The number of amides is 1. The maximum atomic E-state index is 12.3. The lowest BCUT2D eigenvalue weighted by molar-refractivity contribution is -0.132. The largest absolute Gasteiger partial charge is 0.378 e. The molecule has 144 valence electrons. The Morgan fingerprint density at radius 2 is 2.04 bits per heavy atom. The number of ether oxygens (including phenoxy) is 1. The molecular weight excluding hydrogens is 505 g/mol. The van der Waals surface area contributed by atoms with Gasteiger partial charge in [0.1, 0.15) is 0 Å². The fraction of sp³-hybridized carbons (Fsp3) is 0.250. The molecule has 28 heavy (non-hydrogen) atoms. The van der Waals surface area contributed by atoms with E-state index in [1.807, 2.05) is 29.3 Å². The normalized spacial score (nSPS) is 14.8.